The Morgan fingerprint density at radius 1 is 0.459 bits per heavy atom. The summed E-state index contributed by atoms with van der Waals surface area (Å²) in [4.78, 5) is 26.9. The molecule has 15 nitrogen and oxygen atoms in total. The standard InChI is InChI=1S/C26H32ClN5O4.C17H21Cl2N5O/c1-33-18-14-21(35-3)23(22(15-18)36-4)24-30-25(28-16-9-7-5-6-8-10-16)32-26(31-24)29-17-11-12-20(34-2)19(27)13-17;1-25-14-9-8-12(10-13(14)18)21-17-23-15(19)22-16(24-17)20-11-6-4-2-3-5-7-11/h11-16H,5-10H2,1-4H3,(H2,28,29,30,31,32);8-11H,2-7H2,1H3,(H2,20,21,22,23,24). The van der Waals surface area contributed by atoms with E-state index in [1.54, 1.807) is 71.9 Å². The van der Waals surface area contributed by atoms with E-state index in [2.05, 4.69) is 41.2 Å². The molecule has 3 aromatic carbocycles. The zero-order valence-corrected chi connectivity index (χ0v) is 37.4. The van der Waals surface area contributed by atoms with Gasteiger partial charge in [-0.15, -0.1) is 0 Å². The lowest BCUT2D eigenvalue weighted by molar-refractivity contribution is 0.377. The van der Waals surface area contributed by atoms with Crippen LogP contribution in [0.1, 0.15) is 77.0 Å². The fourth-order valence-corrected chi connectivity index (χ4v) is 7.94. The van der Waals surface area contributed by atoms with Crippen LogP contribution in [0.15, 0.2) is 48.5 Å². The van der Waals surface area contributed by atoms with Crippen LogP contribution in [0.2, 0.25) is 15.3 Å². The first kappa shape index (κ1) is 45.3. The molecule has 0 saturated heterocycles. The molecule has 7 rings (SSSR count). The van der Waals surface area contributed by atoms with Crippen molar-refractivity contribution in [2.24, 2.45) is 0 Å². The van der Waals surface area contributed by atoms with Crippen molar-refractivity contribution >= 4 is 70.0 Å². The quantitative estimate of drug-likeness (QED) is 0.0775. The summed E-state index contributed by atoms with van der Waals surface area (Å²) < 4.78 is 27.1. The third-order valence-electron chi connectivity index (χ3n) is 10.4. The average molecular weight is 896 g/mol. The molecule has 0 atom stereocenters. The monoisotopic (exact) mass is 894 g/mol. The Hall–Kier alpha value is -5.25. The van der Waals surface area contributed by atoms with Crippen molar-refractivity contribution in [2.75, 3.05) is 56.8 Å². The maximum absolute atomic E-state index is 6.33. The molecular weight excluding hydrogens is 843 g/mol. The van der Waals surface area contributed by atoms with Crippen molar-refractivity contribution in [1.82, 2.24) is 29.9 Å². The highest BCUT2D eigenvalue weighted by Gasteiger charge is 2.22. The molecule has 0 radical (unpaired) electrons. The number of methoxy groups -OCH3 is 5. The summed E-state index contributed by atoms with van der Waals surface area (Å²) in [5, 5.41) is 14.4. The summed E-state index contributed by atoms with van der Waals surface area (Å²) >= 11 is 18.5. The van der Waals surface area contributed by atoms with Crippen LogP contribution >= 0.6 is 34.8 Å². The number of benzene rings is 3. The second-order valence-corrected chi connectivity index (χ2v) is 15.7. The summed E-state index contributed by atoms with van der Waals surface area (Å²) in [7, 11) is 7.91. The average Bonchev–Trinajstić information content (AvgIpc) is 3.68. The van der Waals surface area contributed by atoms with E-state index in [4.69, 9.17) is 68.5 Å². The highest BCUT2D eigenvalue weighted by Crippen LogP contribution is 2.41. The molecule has 2 aromatic heterocycles. The van der Waals surface area contributed by atoms with Crippen LogP contribution in [0.3, 0.4) is 0 Å². The molecular formula is C43H53Cl3N10O5. The number of rotatable bonds is 14. The number of anilines is 6. The van der Waals surface area contributed by atoms with E-state index in [9.17, 15) is 0 Å². The minimum atomic E-state index is 0.147. The molecule has 2 aliphatic carbocycles. The number of nitrogens with one attached hydrogen (secondary N) is 4. The topological polar surface area (TPSA) is 172 Å². The molecule has 0 spiro atoms. The molecule has 0 unspecified atom stereocenters. The lowest BCUT2D eigenvalue weighted by Gasteiger charge is -2.19. The Balaban J connectivity index is 0.000000218. The van der Waals surface area contributed by atoms with Crippen LogP contribution in [-0.4, -0.2) is 77.5 Å². The number of nitrogens with zero attached hydrogens (tertiary/aromatic N) is 6. The summed E-state index contributed by atoms with van der Waals surface area (Å²) in [6.07, 6.45) is 14.3. The SMILES string of the molecule is COc1cc(OC)c(-c2nc(Nc3ccc(OC)c(Cl)c3)nc(NC3CCCCCC3)n2)c(OC)c1.COc1ccc(Nc2nc(Cl)nc(NC3CCCCCC3)n2)cc1Cl. The number of aromatic nitrogens is 6. The first-order chi connectivity index (χ1) is 29.7. The van der Waals surface area contributed by atoms with Gasteiger partial charge in [-0.2, -0.15) is 29.9 Å². The smallest absolute Gasteiger partial charge is 0.233 e. The van der Waals surface area contributed by atoms with Gasteiger partial charge in [0, 0.05) is 35.6 Å². The Morgan fingerprint density at radius 2 is 0.869 bits per heavy atom. The van der Waals surface area contributed by atoms with E-state index >= 15 is 0 Å². The second kappa shape index (κ2) is 22.6. The van der Waals surface area contributed by atoms with E-state index in [0.717, 1.165) is 31.4 Å². The van der Waals surface area contributed by atoms with Crippen molar-refractivity contribution in [3.63, 3.8) is 0 Å². The first-order valence-electron chi connectivity index (χ1n) is 20.4. The van der Waals surface area contributed by atoms with E-state index in [0.29, 0.717) is 91.7 Å². The van der Waals surface area contributed by atoms with Crippen molar-refractivity contribution in [1.29, 1.82) is 0 Å². The van der Waals surface area contributed by atoms with Crippen LogP contribution in [0.4, 0.5) is 35.2 Å². The predicted molar refractivity (Wildman–Crippen MR) is 243 cm³/mol. The van der Waals surface area contributed by atoms with Gasteiger partial charge in [0.15, 0.2) is 5.82 Å². The minimum absolute atomic E-state index is 0.147. The van der Waals surface area contributed by atoms with Crippen LogP contribution in [0.5, 0.6) is 28.7 Å². The highest BCUT2D eigenvalue weighted by atomic mass is 35.5. The molecule has 2 saturated carbocycles. The lowest BCUT2D eigenvalue weighted by Crippen LogP contribution is -2.21. The molecule has 326 valence electrons. The summed E-state index contributed by atoms with van der Waals surface area (Å²) in [6.45, 7) is 0. The molecule has 2 fully saturated rings. The van der Waals surface area contributed by atoms with Gasteiger partial charge in [0.25, 0.3) is 0 Å². The molecule has 0 aliphatic heterocycles. The largest absolute Gasteiger partial charge is 0.496 e. The molecule has 61 heavy (non-hydrogen) atoms. The summed E-state index contributed by atoms with van der Waals surface area (Å²) in [5.74, 6) is 4.95. The second-order valence-electron chi connectivity index (χ2n) is 14.6. The maximum atomic E-state index is 6.33. The van der Waals surface area contributed by atoms with E-state index in [1.165, 1.54) is 51.4 Å². The third kappa shape index (κ3) is 12.9. The number of hydrogen-bond acceptors (Lipinski definition) is 15. The van der Waals surface area contributed by atoms with Gasteiger partial charge >= 0.3 is 0 Å². The van der Waals surface area contributed by atoms with Crippen LogP contribution in [0, 0.1) is 0 Å². The molecule has 0 bridgehead atoms. The number of hydrogen-bond donors (Lipinski definition) is 4. The van der Waals surface area contributed by atoms with Crippen molar-refractivity contribution in [3.05, 3.63) is 63.9 Å². The van der Waals surface area contributed by atoms with Gasteiger partial charge in [-0.25, -0.2) is 0 Å². The summed E-state index contributed by atoms with van der Waals surface area (Å²) in [5.41, 5.74) is 2.06. The van der Waals surface area contributed by atoms with Crippen molar-refractivity contribution < 1.29 is 23.7 Å². The fraction of sp³-hybridized carbons (Fsp3) is 0.442. The molecule has 5 aromatic rings. The van der Waals surface area contributed by atoms with Gasteiger partial charge in [0.1, 0.15) is 34.3 Å². The van der Waals surface area contributed by atoms with E-state index in [1.807, 2.05) is 12.1 Å². The lowest BCUT2D eigenvalue weighted by atomic mass is 10.1. The zero-order valence-electron chi connectivity index (χ0n) is 35.1. The van der Waals surface area contributed by atoms with Crippen LogP contribution in [-0.2, 0) is 0 Å². The van der Waals surface area contributed by atoms with Gasteiger partial charge in [-0.3, -0.25) is 0 Å². The number of halogens is 3. The van der Waals surface area contributed by atoms with Gasteiger partial charge in [-0.1, -0.05) is 74.6 Å². The molecule has 18 heteroatoms. The Labute approximate surface area is 372 Å². The Bertz CT molecular complexity index is 2180. The zero-order chi connectivity index (χ0) is 43.1. The molecule has 0 amide bonds. The van der Waals surface area contributed by atoms with Gasteiger partial charge in [0.05, 0.1) is 45.6 Å². The predicted octanol–water partition coefficient (Wildman–Crippen LogP) is 11.2. The van der Waals surface area contributed by atoms with Gasteiger partial charge < -0.3 is 45.0 Å². The Morgan fingerprint density at radius 3 is 1.30 bits per heavy atom. The molecule has 2 heterocycles. The van der Waals surface area contributed by atoms with Crippen LogP contribution < -0.4 is 45.0 Å². The first-order valence-corrected chi connectivity index (χ1v) is 21.5. The van der Waals surface area contributed by atoms with Crippen molar-refractivity contribution in [2.45, 2.75) is 89.1 Å². The molecule has 4 N–H and O–H groups in total. The third-order valence-corrected chi connectivity index (χ3v) is 11.1. The van der Waals surface area contributed by atoms with E-state index in [-0.39, 0.29) is 5.28 Å². The summed E-state index contributed by atoms with van der Waals surface area (Å²) in [6, 6.07) is 15.0. The van der Waals surface area contributed by atoms with Gasteiger partial charge in [-0.05, 0) is 73.7 Å². The Kier molecular flexibility index (Phi) is 16.7. The van der Waals surface area contributed by atoms with E-state index < -0.39 is 0 Å². The minimum Gasteiger partial charge on any atom is -0.496 e. The normalized spacial score (nSPS) is 14.6. The van der Waals surface area contributed by atoms with Gasteiger partial charge in [0.2, 0.25) is 29.1 Å². The van der Waals surface area contributed by atoms with Crippen LogP contribution in [0.25, 0.3) is 11.4 Å². The maximum Gasteiger partial charge on any atom is 0.233 e. The highest BCUT2D eigenvalue weighted by molar-refractivity contribution is 6.32. The molecule has 2 aliphatic rings. The van der Waals surface area contributed by atoms with Crippen molar-refractivity contribution in [3.8, 4) is 40.1 Å². The fourth-order valence-electron chi connectivity index (χ4n) is 7.26. The number of ether oxygens (including phenoxy) is 5.